The second-order valence-corrected chi connectivity index (χ2v) is 10.1. The number of thiophene rings is 1. The number of anilines is 2. The SMILES string of the molecule is CCCc1cc(N2CCC(NCC(CO)c3ccccc3)CC2)nc2sc3c(N)ncnc3c12. The minimum atomic E-state index is 0.128. The van der Waals surface area contributed by atoms with E-state index in [4.69, 9.17) is 10.7 Å². The van der Waals surface area contributed by atoms with Gasteiger partial charge in [0.2, 0.25) is 0 Å². The van der Waals surface area contributed by atoms with Crippen LogP contribution in [-0.4, -0.2) is 52.3 Å². The predicted molar refractivity (Wildman–Crippen MR) is 141 cm³/mol. The maximum atomic E-state index is 9.85. The highest BCUT2D eigenvalue weighted by atomic mass is 32.1. The van der Waals surface area contributed by atoms with E-state index in [2.05, 4.69) is 45.3 Å². The van der Waals surface area contributed by atoms with Crippen molar-refractivity contribution in [1.29, 1.82) is 0 Å². The minimum absolute atomic E-state index is 0.128. The first-order valence-corrected chi connectivity index (χ1v) is 13.0. The van der Waals surface area contributed by atoms with Crippen LogP contribution in [0.25, 0.3) is 20.4 Å². The molecule has 0 saturated carbocycles. The average Bonchev–Trinajstić information content (AvgIpc) is 3.26. The summed E-state index contributed by atoms with van der Waals surface area (Å²) in [6, 6.07) is 13.0. The van der Waals surface area contributed by atoms with Gasteiger partial charge in [-0.25, -0.2) is 15.0 Å². The van der Waals surface area contributed by atoms with E-state index in [9.17, 15) is 5.11 Å². The molecular formula is C26H32N6OS. The first-order chi connectivity index (χ1) is 16.7. The van der Waals surface area contributed by atoms with Crippen LogP contribution in [0.4, 0.5) is 11.6 Å². The van der Waals surface area contributed by atoms with Gasteiger partial charge in [0.05, 0.1) is 16.8 Å². The molecule has 1 unspecified atom stereocenters. The number of nitrogens with one attached hydrogen (secondary N) is 1. The van der Waals surface area contributed by atoms with E-state index in [1.54, 1.807) is 17.7 Å². The normalized spacial score (nSPS) is 15.9. The number of benzene rings is 1. The second kappa shape index (κ2) is 10.2. The zero-order chi connectivity index (χ0) is 23.5. The van der Waals surface area contributed by atoms with Gasteiger partial charge in [-0.2, -0.15) is 0 Å². The molecule has 1 aliphatic rings. The third-order valence-electron chi connectivity index (χ3n) is 6.80. The molecule has 3 aromatic heterocycles. The number of nitrogens with zero attached hydrogens (tertiary/aromatic N) is 4. The molecule has 5 rings (SSSR count). The summed E-state index contributed by atoms with van der Waals surface area (Å²) in [6.45, 7) is 5.08. The Balaban J connectivity index is 1.30. The van der Waals surface area contributed by atoms with Crippen LogP contribution in [0.3, 0.4) is 0 Å². The number of aromatic nitrogens is 3. The molecule has 0 spiro atoms. The van der Waals surface area contributed by atoms with Gasteiger partial charge in [-0.05, 0) is 36.5 Å². The van der Waals surface area contributed by atoms with Gasteiger partial charge in [0.1, 0.15) is 22.8 Å². The Morgan fingerprint density at radius 3 is 2.74 bits per heavy atom. The standard InChI is InChI=1S/C26H32N6OS/c1-2-6-18-13-21(31-26-22(18)23-24(34-26)25(27)30-16-29-23)32-11-9-20(10-12-32)28-14-19(15-33)17-7-4-3-5-8-17/h3-5,7-8,13,16,19-20,28,33H,2,6,9-12,14-15H2,1H3,(H2,27,29,30). The summed E-state index contributed by atoms with van der Waals surface area (Å²) in [5.74, 6) is 1.70. The number of aliphatic hydroxyl groups excluding tert-OH is 1. The third kappa shape index (κ3) is 4.58. The molecule has 1 saturated heterocycles. The summed E-state index contributed by atoms with van der Waals surface area (Å²) in [4.78, 5) is 17.1. The summed E-state index contributed by atoms with van der Waals surface area (Å²) in [6.07, 6.45) is 5.71. The molecule has 0 aliphatic carbocycles. The molecule has 1 atom stereocenters. The fourth-order valence-electron chi connectivity index (χ4n) is 4.91. The molecule has 4 heterocycles. The molecule has 0 amide bonds. The quantitative estimate of drug-likeness (QED) is 0.352. The van der Waals surface area contributed by atoms with Gasteiger partial charge in [-0.3, -0.25) is 0 Å². The molecular weight excluding hydrogens is 444 g/mol. The van der Waals surface area contributed by atoms with Crippen molar-refractivity contribution in [2.24, 2.45) is 0 Å². The average molecular weight is 477 g/mol. The van der Waals surface area contributed by atoms with Crippen LogP contribution in [0.5, 0.6) is 0 Å². The summed E-state index contributed by atoms with van der Waals surface area (Å²) in [5, 5.41) is 14.7. The monoisotopic (exact) mass is 476 g/mol. The molecule has 4 aromatic rings. The Hall–Kier alpha value is -2.81. The van der Waals surface area contributed by atoms with Crippen LogP contribution >= 0.6 is 11.3 Å². The number of rotatable bonds is 8. The largest absolute Gasteiger partial charge is 0.396 e. The number of piperidine rings is 1. The molecule has 0 bridgehead atoms. The van der Waals surface area contributed by atoms with Gasteiger partial charge in [0, 0.05) is 37.0 Å². The Kier molecular flexibility index (Phi) is 6.89. The lowest BCUT2D eigenvalue weighted by molar-refractivity contribution is 0.255. The van der Waals surface area contributed by atoms with Gasteiger partial charge < -0.3 is 21.1 Å². The zero-order valence-corrected chi connectivity index (χ0v) is 20.4. The van der Waals surface area contributed by atoms with Crippen LogP contribution in [0.15, 0.2) is 42.7 Å². The number of pyridine rings is 1. The topological polar surface area (TPSA) is 100 Å². The number of hydrogen-bond donors (Lipinski definition) is 3. The number of aliphatic hydroxyl groups is 1. The van der Waals surface area contributed by atoms with Gasteiger partial charge in [0.25, 0.3) is 0 Å². The second-order valence-electron chi connectivity index (χ2n) is 9.07. The van der Waals surface area contributed by atoms with E-state index in [1.807, 2.05) is 18.2 Å². The maximum absolute atomic E-state index is 9.85. The lowest BCUT2D eigenvalue weighted by Crippen LogP contribution is -2.44. The molecule has 1 fully saturated rings. The van der Waals surface area contributed by atoms with E-state index < -0.39 is 0 Å². The summed E-state index contributed by atoms with van der Waals surface area (Å²) < 4.78 is 0.930. The van der Waals surface area contributed by atoms with Crippen molar-refractivity contribution >= 4 is 43.4 Å². The van der Waals surface area contributed by atoms with E-state index in [0.717, 1.165) is 71.6 Å². The van der Waals surface area contributed by atoms with Crippen LogP contribution in [0, 0.1) is 0 Å². The van der Waals surface area contributed by atoms with Crippen molar-refractivity contribution in [3.63, 3.8) is 0 Å². The molecule has 178 valence electrons. The Bertz CT molecular complexity index is 1250. The highest BCUT2D eigenvalue weighted by Gasteiger charge is 2.23. The summed E-state index contributed by atoms with van der Waals surface area (Å²) in [5.41, 5.74) is 9.54. The maximum Gasteiger partial charge on any atom is 0.144 e. The fourth-order valence-corrected chi connectivity index (χ4v) is 5.98. The third-order valence-corrected chi connectivity index (χ3v) is 7.90. The summed E-state index contributed by atoms with van der Waals surface area (Å²) in [7, 11) is 0. The molecule has 8 heteroatoms. The Morgan fingerprint density at radius 1 is 1.21 bits per heavy atom. The van der Waals surface area contributed by atoms with E-state index in [1.165, 1.54) is 11.1 Å². The minimum Gasteiger partial charge on any atom is -0.396 e. The Morgan fingerprint density at radius 2 is 2.00 bits per heavy atom. The molecule has 0 radical (unpaired) electrons. The van der Waals surface area contributed by atoms with Gasteiger partial charge >= 0.3 is 0 Å². The first kappa shape index (κ1) is 23.0. The van der Waals surface area contributed by atoms with Crippen molar-refractivity contribution in [2.75, 3.05) is 36.9 Å². The number of hydrogen-bond acceptors (Lipinski definition) is 8. The van der Waals surface area contributed by atoms with Crippen molar-refractivity contribution < 1.29 is 5.11 Å². The number of nitrogen functional groups attached to an aromatic ring is 1. The van der Waals surface area contributed by atoms with Crippen LogP contribution < -0.4 is 16.0 Å². The van der Waals surface area contributed by atoms with E-state index in [-0.39, 0.29) is 12.5 Å². The molecule has 1 aliphatic heterocycles. The highest BCUT2D eigenvalue weighted by Crippen LogP contribution is 2.38. The molecule has 4 N–H and O–H groups in total. The zero-order valence-electron chi connectivity index (χ0n) is 19.6. The van der Waals surface area contributed by atoms with Crippen molar-refractivity contribution in [3.05, 3.63) is 53.9 Å². The lowest BCUT2D eigenvalue weighted by atomic mass is 9.98. The molecule has 34 heavy (non-hydrogen) atoms. The first-order valence-electron chi connectivity index (χ1n) is 12.1. The van der Waals surface area contributed by atoms with Crippen molar-refractivity contribution in [1.82, 2.24) is 20.3 Å². The Labute approximate surface area is 204 Å². The van der Waals surface area contributed by atoms with Gasteiger partial charge in [0.15, 0.2) is 0 Å². The number of aryl methyl sites for hydroxylation is 1. The number of nitrogens with two attached hydrogens (primary N) is 1. The van der Waals surface area contributed by atoms with Gasteiger partial charge in [-0.15, -0.1) is 11.3 Å². The van der Waals surface area contributed by atoms with Crippen LogP contribution in [0.2, 0.25) is 0 Å². The smallest absolute Gasteiger partial charge is 0.144 e. The fraction of sp³-hybridized carbons (Fsp3) is 0.423. The summed E-state index contributed by atoms with van der Waals surface area (Å²) >= 11 is 1.59. The highest BCUT2D eigenvalue weighted by molar-refractivity contribution is 7.26. The molecule has 1 aromatic carbocycles. The lowest BCUT2D eigenvalue weighted by Gasteiger charge is -2.34. The molecule has 7 nitrogen and oxygen atoms in total. The van der Waals surface area contributed by atoms with Crippen LogP contribution in [-0.2, 0) is 6.42 Å². The van der Waals surface area contributed by atoms with E-state index in [0.29, 0.717) is 11.9 Å². The van der Waals surface area contributed by atoms with E-state index >= 15 is 0 Å². The predicted octanol–water partition coefficient (Wildman–Crippen LogP) is 4.11. The van der Waals surface area contributed by atoms with Crippen LogP contribution in [0.1, 0.15) is 43.2 Å². The van der Waals surface area contributed by atoms with Gasteiger partial charge in [-0.1, -0.05) is 43.7 Å². The number of fused-ring (bicyclic) bond motifs is 3. The van der Waals surface area contributed by atoms with Crippen molar-refractivity contribution in [3.8, 4) is 0 Å². The van der Waals surface area contributed by atoms with Crippen molar-refractivity contribution in [2.45, 2.75) is 44.6 Å².